The molecular formula is C9H15NO3S. The highest BCUT2D eigenvalue weighted by Crippen LogP contribution is 2.18. The first-order valence-electron chi connectivity index (χ1n) is 4.64. The Kier molecular flexibility index (Phi) is 3.69. The lowest BCUT2D eigenvalue weighted by Gasteiger charge is -2.02. The molecule has 0 unspecified atom stereocenters. The van der Waals surface area contributed by atoms with Crippen LogP contribution in [-0.4, -0.2) is 31.9 Å². The fraction of sp³-hybridized carbons (Fsp3) is 0.667. The minimum absolute atomic E-state index is 0.0540. The molecule has 1 aliphatic rings. The quantitative estimate of drug-likeness (QED) is 0.672. The average molecular weight is 217 g/mol. The van der Waals surface area contributed by atoms with Gasteiger partial charge in [0.05, 0.1) is 5.75 Å². The Balaban J connectivity index is 2.36. The van der Waals surface area contributed by atoms with Gasteiger partial charge < -0.3 is 5.32 Å². The lowest BCUT2D eigenvalue weighted by Crippen LogP contribution is -2.32. The first kappa shape index (κ1) is 11.2. The fourth-order valence-electron chi connectivity index (χ4n) is 0.999. The highest BCUT2D eigenvalue weighted by Gasteiger charge is 2.25. The lowest BCUT2D eigenvalue weighted by molar-refractivity contribution is -0.118. The second kappa shape index (κ2) is 4.59. The van der Waals surface area contributed by atoms with Crippen LogP contribution < -0.4 is 5.32 Å². The summed E-state index contributed by atoms with van der Waals surface area (Å²) in [5.74, 6) is -0.827. The average Bonchev–Trinajstić information content (AvgIpc) is 2.83. The number of carbonyl (C=O) groups is 1. The maximum absolute atomic E-state index is 11.3. The van der Waals surface area contributed by atoms with Gasteiger partial charge in [-0.15, -0.1) is 0 Å². The van der Waals surface area contributed by atoms with Crippen LogP contribution in [0.25, 0.3) is 0 Å². The molecule has 1 saturated carbocycles. The van der Waals surface area contributed by atoms with Crippen molar-refractivity contribution in [1.82, 2.24) is 5.32 Å². The molecule has 0 atom stereocenters. The van der Waals surface area contributed by atoms with Crippen molar-refractivity contribution in [2.75, 3.05) is 11.5 Å². The molecule has 0 saturated heterocycles. The number of hydrogen-bond acceptors (Lipinski definition) is 3. The van der Waals surface area contributed by atoms with Crippen LogP contribution in [0.1, 0.15) is 19.8 Å². The Labute approximate surface area is 84.3 Å². The lowest BCUT2D eigenvalue weighted by atomic mass is 10.6. The van der Waals surface area contributed by atoms with Crippen LogP contribution in [0.4, 0.5) is 0 Å². The molecule has 0 aromatic heterocycles. The summed E-state index contributed by atoms with van der Waals surface area (Å²) in [5.41, 5.74) is 0. The monoisotopic (exact) mass is 217 g/mol. The molecule has 1 rings (SSSR count). The van der Waals surface area contributed by atoms with Crippen molar-refractivity contribution in [3.63, 3.8) is 0 Å². The van der Waals surface area contributed by atoms with Gasteiger partial charge in [-0.05, 0) is 19.8 Å². The largest absolute Gasteiger partial charge is 0.352 e. The van der Waals surface area contributed by atoms with E-state index in [2.05, 4.69) is 5.32 Å². The minimum Gasteiger partial charge on any atom is -0.352 e. The Bertz CT molecular complexity index is 328. The van der Waals surface area contributed by atoms with E-state index in [1.807, 2.05) is 0 Å². The number of nitrogens with one attached hydrogen (secondary N) is 1. The van der Waals surface area contributed by atoms with Crippen molar-refractivity contribution in [1.29, 1.82) is 0 Å². The van der Waals surface area contributed by atoms with Gasteiger partial charge in [-0.2, -0.15) is 0 Å². The van der Waals surface area contributed by atoms with Crippen molar-refractivity contribution in [3.05, 3.63) is 12.2 Å². The molecule has 0 aliphatic heterocycles. The minimum atomic E-state index is -3.26. The summed E-state index contributed by atoms with van der Waals surface area (Å²) in [5, 5.41) is 2.64. The SMILES string of the molecule is CC=CCS(=O)(=O)CC(=O)NC1CC1. The predicted molar refractivity (Wildman–Crippen MR) is 54.6 cm³/mol. The van der Waals surface area contributed by atoms with Gasteiger partial charge in [-0.1, -0.05) is 12.2 Å². The van der Waals surface area contributed by atoms with Gasteiger partial charge in [0.2, 0.25) is 5.91 Å². The topological polar surface area (TPSA) is 63.2 Å². The van der Waals surface area contributed by atoms with E-state index in [4.69, 9.17) is 0 Å². The van der Waals surface area contributed by atoms with Crippen LogP contribution in [0.2, 0.25) is 0 Å². The van der Waals surface area contributed by atoms with Crippen molar-refractivity contribution < 1.29 is 13.2 Å². The summed E-state index contributed by atoms with van der Waals surface area (Å²) in [6.07, 6.45) is 5.15. The van der Waals surface area contributed by atoms with E-state index in [-0.39, 0.29) is 17.7 Å². The van der Waals surface area contributed by atoms with E-state index < -0.39 is 15.6 Å². The molecule has 1 fully saturated rings. The smallest absolute Gasteiger partial charge is 0.235 e. The van der Waals surface area contributed by atoms with Crippen molar-refractivity contribution in [2.45, 2.75) is 25.8 Å². The molecule has 14 heavy (non-hydrogen) atoms. The number of sulfone groups is 1. The van der Waals surface area contributed by atoms with Crippen LogP contribution in [0.15, 0.2) is 12.2 Å². The normalized spacial score (nSPS) is 17.2. The zero-order chi connectivity index (χ0) is 10.6. The van der Waals surface area contributed by atoms with E-state index in [0.29, 0.717) is 0 Å². The summed E-state index contributed by atoms with van der Waals surface area (Å²) in [6.45, 7) is 1.75. The molecule has 0 aromatic carbocycles. The maximum Gasteiger partial charge on any atom is 0.235 e. The molecule has 1 N–H and O–H groups in total. The molecule has 4 nitrogen and oxygen atoms in total. The summed E-state index contributed by atoms with van der Waals surface area (Å²) in [4.78, 5) is 11.2. The summed E-state index contributed by atoms with van der Waals surface area (Å²) < 4.78 is 22.6. The number of carbonyl (C=O) groups excluding carboxylic acids is 1. The van der Waals surface area contributed by atoms with Crippen molar-refractivity contribution >= 4 is 15.7 Å². The second-order valence-corrected chi connectivity index (χ2v) is 5.57. The first-order valence-corrected chi connectivity index (χ1v) is 6.46. The third kappa shape index (κ3) is 4.41. The molecule has 1 aliphatic carbocycles. The van der Waals surface area contributed by atoms with Crippen LogP contribution in [0, 0.1) is 0 Å². The Morgan fingerprint density at radius 1 is 1.50 bits per heavy atom. The standard InChI is InChI=1S/C9H15NO3S/c1-2-3-6-14(12,13)7-9(11)10-8-4-5-8/h2-3,8H,4-7H2,1H3,(H,10,11). The number of allylic oxidation sites excluding steroid dienone is 1. The van der Waals surface area contributed by atoms with Crippen LogP contribution >= 0.6 is 0 Å². The molecule has 0 bridgehead atoms. The Hall–Kier alpha value is -0.840. The van der Waals surface area contributed by atoms with Gasteiger partial charge in [0.25, 0.3) is 0 Å². The zero-order valence-electron chi connectivity index (χ0n) is 8.19. The van der Waals surface area contributed by atoms with Crippen LogP contribution in [0.3, 0.4) is 0 Å². The summed E-state index contributed by atoms with van der Waals surface area (Å²) >= 11 is 0. The summed E-state index contributed by atoms with van der Waals surface area (Å²) in [6, 6.07) is 0.222. The van der Waals surface area contributed by atoms with Gasteiger partial charge in [0.1, 0.15) is 5.75 Å². The van der Waals surface area contributed by atoms with Gasteiger partial charge in [-0.3, -0.25) is 4.79 Å². The fourth-order valence-corrected chi connectivity index (χ4v) is 2.08. The Morgan fingerprint density at radius 2 is 2.14 bits per heavy atom. The zero-order valence-corrected chi connectivity index (χ0v) is 9.01. The molecule has 0 aromatic rings. The summed E-state index contributed by atoms with van der Waals surface area (Å²) in [7, 11) is -3.26. The Morgan fingerprint density at radius 3 is 2.64 bits per heavy atom. The van der Waals surface area contributed by atoms with Gasteiger partial charge in [-0.25, -0.2) is 8.42 Å². The molecule has 80 valence electrons. The molecular weight excluding hydrogens is 202 g/mol. The second-order valence-electron chi connectivity index (χ2n) is 3.47. The van der Waals surface area contributed by atoms with Crippen molar-refractivity contribution in [3.8, 4) is 0 Å². The highest BCUT2D eigenvalue weighted by molar-refractivity contribution is 7.92. The number of rotatable bonds is 5. The molecule has 0 heterocycles. The third-order valence-electron chi connectivity index (χ3n) is 1.88. The molecule has 0 spiro atoms. The highest BCUT2D eigenvalue weighted by atomic mass is 32.2. The predicted octanol–water partition coefficient (Wildman–Crippen LogP) is 0.256. The number of hydrogen-bond donors (Lipinski definition) is 1. The van der Waals surface area contributed by atoms with Gasteiger partial charge >= 0.3 is 0 Å². The van der Waals surface area contributed by atoms with E-state index in [0.717, 1.165) is 12.8 Å². The maximum atomic E-state index is 11.3. The van der Waals surface area contributed by atoms with Crippen molar-refractivity contribution in [2.24, 2.45) is 0 Å². The number of amides is 1. The van der Waals surface area contributed by atoms with Gasteiger partial charge in [0.15, 0.2) is 9.84 Å². The molecule has 0 radical (unpaired) electrons. The third-order valence-corrected chi connectivity index (χ3v) is 3.28. The molecule has 1 amide bonds. The molecule has 5 heteroatoms. The van der Waals surface area contributed by atoms with Crippen LogP contribution in [0.5, 0.6) is 0 Å². The van der Waals surface area contributed by atoms with E-state index in [9.17, 15) is 13.2 Å². The van der Waals surface area contributed by atoms with Gasteiger partial charge in [0, 0.05) is 6.04 Å². The van der Waals surface area contributed by atoms with E-state index >= 15 is 0 Å². The first-order chi connectivity index (χ1) is 6.53. The van der Waals surface area contributed by atoms with E-state index in [1.54, 1.807) is 19.1 Å². The van der Waals surface area contributed by atoms with E-state index in [1.165, 1.54) is 0 Å². The van der Waals surface area contributed by atoms with Crippen LogP contribution in [-0.2, 0) is 14.6 Å².